The number of aryl methyl sites for hydroxylation is 2. The summed E-state index contributed by atoms with van der Waals surface area (Å²) in [6, 6.07) is 1.91. The lowest BCUT2D eigenvalue weighted by Gasteiger charge is -2.28. The molecule has 1 amide bonds. The smallest absolute Gasteiger partial charge is 0.272 e. The second-order valence-corrected chi connectivity index (χ2v) is 5.26. The molecule has 0 atom stereocenters. The van der Waals surface area contributed by atoms with Crippen molar-refractivity contribution < 1.29 is 10.0 Å². The maximum atomic E-state index is 12.7. The third-order valence-corrected chi connectivity index (χ3v) is 3.71. The minimum atomic E-state index is -0.119. The van der Waals surface area contributed by atoms with E-state index in [1.807, 2.05) is 6.92 Å². The van der Waals surface area contributed by atoms with Crippen LogP contribution in [0.5, 0.6) is 0 Å². The van der Waals surface area contributed by atoms with Gasteiger partial charge in [-0.3, -0.25) is 9.48 Å². The summed E-state index contributed by atoms with van der Waals surface area (Å²) in [5.74, 6) is -0.0734. The van der Waals surface area contributed by atoms with Crippen molar-refractivity contribution in [3.63, 3.8) is 0 Å². The molecule has 7 heteroatoms. The van der Waals surface area contributed by atoms with Crippen molar-refractivity contribution in [2.45, 2.75) is 38.6 Å². The number of nitrogens with two attached hydrogens (primary N) is 1. The molecule has 3 N–H and O–H groups in total. The van der Waals surface area contributed by atoms with Gasteiger partial charge < -0.3 is 15.8 Å². The van der Waals surface area contributed by atoms with E-state index in [0.29, 0.717) is 5.69 Å². The van der Waals surface area contributed by atoms with Crippen LogP contribution in [0.2, 0.25) is 0 Å². The van der Waals surface area contributed by atoms with Crippen LogP contribution < -0.4 is 5.73 Å². The Kier molecular flexibility index (Phi) is 4.26. The Balaban J connectivity index is 2.25. The fourth-order valence-electron chi connectivity index (χ4n) is 2.75. The predicted molar refractivity (Wildman–Crippen MR) is 74.6 cm³/mol. The van der Waals surface area contributed by atoms with Gasteiger partial charge in [-0.2, -0.15) is 5.10 Å². The first-order chi connectivity index (χ1) is 9.52. The Morgan fingerprint density at radius 1 is 1.60 bits per heavy atom. The molecule has 1 aromatic rings. The van der Waals surface area contributed by atoms with Crippen LogP contribution in [0, 0.1) is 6.92 Å². The van der Waals surface area contributed by atoms with Gasteiger partial charge in [-0.1, -0.05) is 18.0 Å². The normalized spacial score (nSPS) is 16.6. The first kappa shape index (κ1) is 14.4. The zero-order chi connectivity index (χ0) is 14.7. The van der Waals surface area contributed by atoms with Gasteiger partial charge in [0, 0.05) is 13.1 Å². The maximum absolute atomic E-state index is 12.7. The van der Waals surface area contributed by atoms with Crippen molar-refractivity contribution in [1.82, 2.24) is 14.7 Å². The number of hydrogen-bond donors (Lipinski definition) is 2. The monoisotopic (exact) mass is 279 g/mol. The number of amides is 1. The highest BCUT2D eigenvalue weighted by Crippen LogP contribution is 2.24. The largest absolute Gasteiger partial charge is 0.409 e. The fraction of sp³-hybridized carbons (Fsp3) is 0.615. The van der Waals surface area contributed by atoms with Gasteiger partial charge in [-0.15, -0.1) is 0 Å². The third kappa shape index (κ3) is 2.92. The summed E-state index contributed by atoms with van der Waals surface area (Å²) in [4.78, 5) is 14.4. The lowest BCUT2D eigenvalue weighted by Crippen LogP contribution is -2.44. The highest BCUT2D eigenvalue weighted by molar-refractivity contribution is 5.96. The van der Waals surface area contributed by atoms with Gasteiger partial charge in [0.25, 0.3) is 5.91 Å². The molecule has 0 aliphatic heterocycles. The van der Waals surface area contributed by atoms with Crippen LogP contribution in [-0.4, -0.2) is 44.2 Å². The highest BCUT2D eigenvalue weighted by atomic mass is 16.4. The molecule has 0 saturated heterocycles. The van der Waals surface area contributed by atoms with Gasteiger partial charge in [-0.05, 0) is 25.8 Å². The topological polar surface area (TPSA) is 96.7 Å². The lowest BCUT2D eigenvalue weighted by atomic mass is 10.2. The van der Waals surface area contributed by atoms with Crippen LogP contribution in [0.4, 0.5) is 0 Å². The molecule has 0 unspecified atom stereocenters. The quantitative estimate of drug-likeness (QED) is 0.370. The first-order valence-electron chi connectivity index (χ1n) is 6.81. The van der Waals surface area contributed by atoms with Crippen molar-refractivity contribution in [3.8, 4) is 0 Å². The second kappa shape index (κ2) is 5.94. The van der Waals surface area contributed by atoms with E-state index in [9.17, 15) is 4.79 Å². The first-order valence-corrected chi connectivity index (χ1v) is 6.81. The van der Waals surface area contributed by atoms with Gasteiger partial charge in [0.15, 0.2) is 5.84 Å². The van der Waals surface area contributed by atoms with Crippen LogP contribution in [0.3, 0.4) is 0 Å². The minimum absolute atomic E-state index is 0.0455. The molecule has 0 radical (unpaired) electrons. The molecule has 7 nitrogen and oxygen atoms in total. The third-order valence-electron chi connectivity index (χ3n) is 3.71. The number of oxime groups is 1. The van der Waals surface area contributed by atoms with E-state index in [-0.39, 0.29) is 24.3 Å². The zero-order valence-electron chi connectivity index (χ0n) is 11.9. The van der Waals surface area contributed by atoms with Crippen LogP contribution >= 0.6 is 0 Å². The number of carbonyl (C=O) groups excluding carboxylic acids is 1. The van der Waals surface area contributed by atoms with Gasteiger partial charge in [0.05, 0.1) is 12.2 Å². The van der Waals surface area contributed by atoms with Crippen LogP contribution in [-0.2, 0) is 7.05 Å². The van der Waals surface area contributed by atoms with Crippen molar-refractivity contribution in [2.75, 3.05) is 6.54 Å². The van der Waals surface area contributed by atoms with Crippen LogP contribution in [0.1, 0.15) is 41.9 Å². The summed E-state index contributed by atoms with van der Waals surface area (Å²) >= 11 is 0. The van der Waals surface area contributed by atoms with Crippen molar-refractivity contribution in [3.05, 3.63) is 17.5 Å². The van der Waals surface area contributed by atoms with E-state index in [1.54, 1.807) is 22.7 Å². The Morgan fingerprint density at radius 2 is 2.25 bits per heavy atom. The van der Waals surface area contributed by atoms with Gasteiger partial charge in [0.2, 0.25) is 0 Å². The van der Waals surface area contributed by atoms with Crippen molar-refractivity contribution in [2.24, 2.45) is 17.9 Å². The predicted octanol–water partition coefficient (Wildman–Crippen LogP) is 0.860. The highest BCUT2D eigenvalue weighted by Gasteiger charge is 2.29. The van der Waals surface area contributed by atoms with E-state index in [2.05, 4.69) is 10.3 Å². The molecule has 20 heavy (non-hydrogen) atoms. The Labute approximate surface area is 118 Å². The molecule has 1 saturated carbocycles. The molecule has 1 aromatic heterocycles. The Bertz CT molecular complexity index is 517. The number of amidine groups is 1. The van der Waals surface area contributed by atoms with Crippen LogP contribution in [0.15, 0.2) is 11.2 Å². The molecular weight excluding hydrogens is 258 g/mol. The number of nitrogens with zero attached hydrogens (tertiary/aromatic N) is 4. The summed E-state index contributed by atoms with van der Waals surface area (Å²) in [5.41, 5.74) is 6.91. The van der Waals surface area contributed by atoms with Crippen LogP contribution in [0.25, 0.3) is 0 Å². The number of hydrogen-bond acceptors (Lipinski definition) is 4. The van der Waals surface area contributed by atoms with E-state index >= 15 is 0 Å². The molecule has 1 aliphatic carbocycles. The maximum Gasteiger partial charge on any atom is 0.272 e. The van der Waals surface area contributed by atoms with Gasteiger partial charge >= 0.3 is 0 Å². The zero-order valence-corrected chi connectivity index (χ0v) is 11.9. The van der Waals surface area contributed by atoms with Crippen molar-refractivity contribution in [1.29, 1.82) is 0 Å². The van der Waals surface area contributed by atoms with Gasteiger partial charge in [-0.25, -0.2) is 0 Å². The molecule has 0 aromatic carbocycles. The fourth-order valence-corrected chi connectivity index (χ4v) is 2.75. The van der Waals surface area contributed by atoms with E-state index in [0.717, 1.165) is 31.4 Å². The Morgan fingerprint density at radius 3 is 2.75 bits per heavy atom. The van der Waals surface area contributed by atoms with Gasteiger partial charge in [0.1, 0.15) is 5.69 Å². The number of aromatic nitrogens is 2. The molecule has 1 heterocycles. The SMILES string of the molecule is Cc1cc(C(=O)N(CC(N)=NO)C2CCCC2)n(C)n1. The lowest BCUT2D eigenvalue weighted by molar-refractivity contribution is 0.0701. The molecule has 1 fully saturated rings. The average Bonchev–Trinajstić information content (AvgIpc) is 3.04. The number of carbonyl (C=O) groups is 1. The average molecular weight is 279 g/mol. The molecule has 2 rings (SSSR count). The minimum Gasteiger partial charge on any atom is -0.409 e. The summed E-state index contributed by atoms with van der Waals surface area (Å²) in [6.07, 6.45) is 4.13. The molecule has 1 aliphatic rings. The molecular formula is C13H21N5O2. The standard InChI is InChI=1S/C13H21N5O2/c1-9-7-11(17(2)15-9)13(19)18(8-12(14)16-20)10-5-3-4-6-10/h7,10,20H,3-6,8H2,1-2H3,(H2,14,16). The van der Waals surface area contributed by atoms with E-state index < -0.39 is 0 Å². The summed E-state index contributed by atoms with van der Waals surface area (Å²) < 4.78 is 1.58. The number of rotatable bonds is 4. The summed E-state index contributed by atoms with van der Waals surface area (Å²) in [6.45, 7) is 1.99. The second-order valence-electron chi connectivity index (χ2n) is 5.26. The van der Waals surface area contributed by atoms with Crippen molar-refractivity contribution >= 4 is 11.7 Å². The Hall–Kier alpha value is -2.05. The van der Waals surface area contributed by atoms with E-state index in [4.69, 9.17) is 10.9 Å². The molecule has 0 bridgehead atoms. The molecule has 0 spiro atoms. The summed E-state index contributed by atoms with van der Waals surface area (Å²) in [7, 11) is 1.75. The van der Waals surface area contributed by atoms with E-state index in [1.165, 1.54) is 0 Å². The molecule has 110 valence electrons. The summed E-state index contributed by atoms with van der Waals surface area (Å²) in [5, 5.41) is 15.9.